The molecule has 1 fully saturated rings. The lowest BCUT2D eigenvalue weighted by Gasteiger charge is -2.42. The predicted molar refractivity (Wildman–Crippen MR) is 127 cm³/mol. The highest BCUT2D eigenvalue weighted by molar-refractivity contribution is 6.17. The molecule has 0 radical (unpaired) electrons. The monoisotopic (exact) mass is 438 g/mol. The van der Waals surface area contributed by atoms with Gasteiger partial charge in [-0.2, -0.15) is 0 Å². The van der Waals surface area contributed by atoms with Crippen molar-refractivity contribution in [3.63, 3.8) is 0 Å². The number of nitrogens with zero attached hydrogens (tertiary/aromatic N) is 2. The number of imide groups is 1. The van der Waals surface area contributed by atoms with Gasteiger partial charge in [-0.25, -0.2) is 0 Å². The predicted octanol–water partition coefficient (Wildman–Crippen LogP) is 5.39. The van der Waals surface area contributed by atoms with Gasteiger partial charge in [-0.05, 0) is 48.7 Å². The third-order valence-corrected chi connectivity index (χ3v) is 6.65. The summed E-state index contributed by atoms with van der Waals surface area (Å²) in [6, 6.07) is 24.4. The van der Waals surface area contributed by atoms with Crippen LogP contribution in [0.2, 0.25) is 0 Å². The zero-order chi connectivity index (χ0) is 22.8. The number of rotatable bonds is 4. The van der Waals surface area contributed by atoms with Crippen molar-refractivity contribution in [1.82, 2.24) is 4.90 Å². The van der Waals surface area contributed by atoms with Gasteiger partial charge in [-0.15, -0.1) is 0 Å². The maximum Gasteiger partial charge on any atom is 0.261 e. The molecule has 5 nitrogen and oxygen atoms in total. The van der Waals surface area contributed by atoms with Crippen molar-refractivity contribution < 1.29 is 14.4 Å². The molecule has 1 aliphatic heterocycles. The van der Waals surface area contributed by atoms with Crippen LogP contribution in [0.25, 0.3) is 0 Å². The Morgan fingerprint density at radius 2 is 1.36 bits per heavy atom. The van der Waals surface area contributed by atoms with Gasteiger partial charge in [0.05, 0.1) is 0 Å². The number of carbonyl (C=O) groups excluding carboxylic acids is 3. The van der Waals surface area contributed by atoms with Gasteiger partial charge in [0, 0.05) is 22.9 Å². The van der Waals surface area contributed by atoms with Crippen LogP contribution in [0.4, 0.5) is 5.69 Å². The lowest BCUT2D eigenvalue weighted by molar-refractivity contribution is -0.133. The van der Waals surface area contributed by atoms with Gasteiger partial charge in [-0.1, -0.05) is 73.9 Å². The highest BCUT2D eigenvalue weighted by Crippen LogP contribution is 2.38. The minimum atomic E-state index is -0.907. The van der Waals surface area contributed by atoms with E-state index >= 15 is 0 Å². The molecule has 33 heavy (non-hydrogen) atoms. The zero-order valence-electron chi connectivity index (χ0n) is 18.4. The summed E-state index contributed by atoms with van der Waals surface area (Å²) in [5, 5.41) is 0. The standard InChI is InChI=1S/C28H26N2O3/c31-26(20-12-4-1-5-13-20)29(21-14-6-2-7-15-21)25-23-18-10-11-19-24(23)27(32)30(28(25)33)22-16-8-3-9-17-22/h1-2,4-7,10-15,18-19,22,25H,3,8-9,16-17H2. The molecule has 166 valence electrons. The van der Waals surface area contributed by atoms with Crippen molar-refractivity contribution >= 4 is 23.4 Å². The van der Waals surface area contributed by atoms with Gasteiger partial charge < -0.3 is 0 Å². The number of benzene rings is 3. The topological polar surface area (TPSA) is 57.7 Å². The first-order valence-electron chi connectivity index (χ1n) is 11.6. The Kier molecular flexibility index (Phi) is 5.78. The van der Waals surface area contributed by atoms with Crippen molar-refractivity contribution in [3.8, 4) is 0 Å². The van der Waals surface area contributed by atoms with E-state index in [2.05, 4.69) is 0 Å². The van der Waals surface area contributed by atoms with Crippen LogP contribution in [-0.2, 0) is 4.79 Å². The molecule has 3 aromatic rings. The Morgan fingerprint density at radius 1 is 0.758 bits per heavy atom. The molecule has 1 unspecified atom stereocenters. The molecule has 1 aliphatic carbocycles. The minimum absolute atomic E-state index is 0.126. The second-order valence-electron chi connectivity index (χ2n) is 8.67. The summed E-state index contributed by atoms with van der Waals surface area (Å²) in [7, 11) is 0. The third-order valence-electron chi connectivity index (χ3n) is 6.65. The van der Waals surface area contributed by atoms with Gasteiger partial charge in [0.2, 0.25) is 0 Å². The summed E-state index contributed by atoms with van der Waals surface area (Å²) in [6.45, 7) is 0. The summed E-state index contributed by atoms with van der Waals surface area (Å²) in [5.74, 6) is -0.842. The molecule has 3 amide bonds. The molecule has 0 spiro atoms. The van der Waals surface area contributed by atoms with Crippen LogP contribution in [0.1, 0.15) is 64.4 Å². The fourth-order valence-electron chi connectivity index (χ4n) is 5.05. The van der Waals surface area contributed by atoms with Crippen LogP contribution in [0.3, 0.4) is 0 Å². The van der Waals surface area contributed by atoms with Crippen molar-refractivity contribution in [2.75, 3.05) is 4.90 Å². The summed E-state index contributed by atoms with van der Waals surface area (Å²) >= 11 is 0. The van der Waals surface area contributed by atoms with E-state index in [9.17, 15) is 14.4 Å². The maximum absolute atomic E-state index is 14.1. The Balaban J connectivity index is 1.67. The molecule has 0 N–H and O–H groups in total. The highest BCUT2D eigenvalue weighted by atomic mass is 16.2. The van der Waals surface area contributed by atoms with Crippen molar-refractivity contribution in [3.05, 3.63) is 102 Å². The van der Waals surface area contributed by atoms with E-state index in [1.807, 2.05) is 60.7 Å². The Morgan fingerprint density at radius 3 is 2.06 bits per heavy atom. The largest absolute Gasteiger partial charge is 0.292 e. The summed E-state index contributed by atoms with van der Waals surface area (Å²) < 4.78 is 0. The number of para-hydroxylation sites is 1. The second-order valence-corrected chi connectivity index (χ2v) is 8.67. The fourth-order valence-corrected chi connectivity index (χ4v) is 5.05. The molecule has 1 atom stereocenters. The molecule has 2 aliphatic rings. The van der Waals surface area contributed by atoms with E-state index in [4.69, 9.17) is 0 Å². The summed E-state index contributed by atoms with van der Waals surface area (Å²) in [6.07, 6.45) is 4.74. The smallest absolute Gasteiger partial charge is 0.261 e. The molecule has 0 aromatic heterocycles. The number of fused-ring (bicyclic) bond motifs is 1. The third kappa shape index (κ3) is 3.84. The molecule has 0 saturated heterocycles. The van der Waals surface area contributed by atoms with Crippen LogP contribution in [0.5, 0.6) is 0 Å². The van der Waals surface area contributed by atoms with Gasteiger partial charge in [0.15, 0.2) is 0 Å². The lowest BCUT2D eigenvalue weighted by Crippen LogP contribution is -2.55. The van der Waals surface area contributed by atoms with Gasteiger partial charge in [0.25, 0.3) is 17.7 Å². The number of carbonyl (C=O) groups is 3. The Labute approximate surface area is 193 Å². The summed E-state index contributed by atoms with van der Waals surface area (Å²) in [5.41, 5.74) is 2.19. The van der Waals surface area contributed by atoms with E-state index in [0.29, 0.717) is 22.4 Å². The SMILES string of the molecule is O=C1c2ccccc2C(N(C(=O)c2ccccc2)c2ccccc2)C(=O)N1C1CCCCC1. The molecule has 0 bridgehead atoms. The van der Waals surface area contributed by atoms with Crippen LogP contribution in [-0.4, -0.2) is 28.7 Å². The highest BCUT2D eigenvalue weighted by Gasteiger charge is 2.46. The lowest BCUT2D eigenvalue weighted by atomic mass is 9.87. The molecule has 1 saturated carbocycles. The first kappa shape index (κ1) is 21.1. The molecule has 3 aromatic carbocycles. The van der Waals surface area contributed by atoms with E-state index < -0.39 is 6.04 Å². The van der Waals surface area contributed by atoms with Crippen molar-refractivity contribution in [2.45, 2.75) is 44.2 Å². The average Bonchev–Trinajstić information content (AvgIpc) is 2.88. The van der Waals surface area contributed by atoms with E-state index in [1.165, 1.54) is 4.90 Å². The zero-order valence-corrected chi connectivity index (χ0v) is 18.4. The number of amides is 3. The normalized spacial score (nSPS) is 18.7. The van der Waals surface area contributed by atoms with E-state index in [0.717, 1.165) is 32.1 Å². The average molecular weight is 439 g/mol. The molecular formula is C28H26N2O3. The van der Waals surface area contributed by atoms with Gasteiger partial charge in [-0.3, -0.25) is 24.2 Å². The van der Waals surface area contributed by atoms with Crippen LogP contribution < -0.4 is 4.90 Å². The minimum Gasteiger partial charge on any atom is -0.292 e. The Bertz CT molecular complexity index is 1170. The first-order valence-corrected chi connectivity index (χ1v) is 11.6. The van der Waals surface area contributed by atoms with E-state index in [-0.39, 0.29) is 23.8 Å². The van der Waals surface area contributed by atoms with Crippen molar-refractivity contribution in [2.24, 2.45) is 0 Å². The van der Waals surface area contributed by atoms with Gasteiger partial charge in [0.1, 0.15) is 6.04 Å². The molecular weight excluding hydrogens is 412 g/mol. The second kappa shape index (κ2) is 9.02. The van der Waals surface area contributed by atoms with E-state index in [1.54, 1.807) is 29.2 Å². The van der Waals surface area contributed by atoms with Crippen LogP contribution in [0, 0.1) is 0 Å². The van der Waals surface area contributed by atoms with Crippen LogP contribution >= 0.6 is 0 Å². The van der Waals surface area contributed by atoms with Gasteiger partial charge >= 0.3 is 0 Å². The number of hydrogen-bond acceptors (Lipinski definition) is 3. The fraction of sp³-hybridized carbons (Fsp3) is 0.250. The maximum atomic E-state index is 14.1. The quantitative estimate of drug-likeness (QED) is 0.513. The van der Waals surface area contributed by atoms with Crippen molar-refractivity contribution in [1.29, 1.82) is 0 Å². The number of anilines is 1. The molecule has 5 heteroatoms. The number of hydrogen-bond donors (Lipinski definition) is 0. The Hall–Kier alpha value is -3.73. The molecule has 1 heterocycles. The molecule has 5 rings (SSSR count). The van der Waals surface area contributed by atoms with Crippen LogP contribution in [0.15, 0.2) is 84.9 Å². The first-order chi connectivity index (χ1) is 16.2. The summed E-state index contributed by atoms with van der Waals surface area (Å²) in [4.78, 5) is 44.4.